The SMILES string of the molecule is CC1(C)CC(CN)(NN2CCCCC2)C(C)(C)O1. The van der Waals surface area contributed by atoms with Crippen LogP contribution < -0.4 is 11.2 Å². The van der Waals surface area contributed by atoms with Gasteiger partial charge in [-0.25, -0.2) is 10.4 Å². The number of ether oxygens (including phenoxy) is 1. The molecule has 4 heteroatoms. The molecule has 0 bridgehead atoms. The lowest BCUT2D eigenvalue weighted by molar-refractivity contribution is -0.0928. The largest absolute Gasteiger partial charge is 0.368 e. The van der Waals surface area contributed by atoms with Crippen molar-refractivity contribution in [1.82, 2.24) is 10.4 Å². The number of nitrogens with zero attached hydrogens (tertiary/aromatic N) is 1. The van der Waals surface area contributed by atoms with Crippen molar-refractivity contribution in [2.45, 2.75) is 70.1 Å². The van der Waals surface area contributed by atoms with Gasteiger partial charge < -0.3 is 10.5 Å². The van der Waals surface area contributed by atoms with E-state index in [0.29, 0.717) is 6.54 Å². The molecule has 0 aromatic rings. The van der Waals surface area contributed by atoms with E-state index in [1.54, 1.807) is 0 Å². The van der Waals surface area contributed by atoms with E-state index in [-0.39, 0.29) is 16.7 Å². The molecule has 18 heavy (non-hydrogen) atoms. The molecule has 1 atom stereocenters. The van der Waals surface area contributed by atoms with Crippen molar-refractivity contribution >= 4 is 0 Å². The molecule has 0 amide bonds. The average Bonchev–Trinajstić information content (AvgIpc) is 2.45. The molecular formula is C14H29N3O. The van der Waals surface area contributed by atoms with E-state index in [1.807, 2.05) is 0 Å². The summed E-state index contributed by atoms with van der Waals surface area (Å²) < 4.78 is 6.22. The smallest absolute Gasteiger partial charge is 0.0841 e. The first-order chi connectivity index (χ1) is 8.30. The van der Waals surface area contributed by atoms with Gasteiger partial charge in [-0.05, 0) is 47.0 Å². The predicted octanol–water partition coefficient (Wildman–Crippen LogP) is 1.65. The summed E-state index contributed by atoms with van der Waals surface area (Å²) in [6, 6.07) is 0. The highest BCUT2D eigenvalue weighted by Crippen LogP contribution is 2.44. The molecule has 0 saturated carbocycles. The van der Waals surface area contributed by atoms with Gasteiger partial charge in [0, 0.05) is 19.6 Å². The first-order valence-corrected chi connectivity index (χ1v) is 7.23. The highest BCUT2D eigenvalue weighted by Gasteiger charge is 2.57. The van der Waals surface area contributed by atoms with E-state index in [2.05, 4.69) is 38.1 Å². The Morgan fingerprint density at radius 1 is 1.11 bits per heavy atom. The van der Waals surface area contributed by atoms with Crippen LogP contribution in [0.4, 0.5) is 0 Å². The Bertz CT molecular complexity index is 297. The molecule has 2 aliphatic heterocycles. The zero-order valence-electron chi connectivity index (χ0n) is 12.4. The zero-order chi connectivity index (χ0) is 13.4. The van der Waals surface area contributed by atoms with Crippen molar-refractivity contribution in [2.75, 3.05) is 19.6 Å². The van der Waals surface area contributed by atoms with Crippen molar-refractivity contribution in [1.29, 1.82) is 0 Å². The molecule has 4 nitrogen and oxygen atoms in total. The third-order valence-corrected chi connectivity index (χ3v) is 4.49. The van der Waals surface area contributed by atoms with Crippen LogP contribution >= 0.6 is 0 Å². The molecular weight excluding hydrogens is 226 g/mol. The van der Waals surface area contributed by atoms with Crippen LogP contribution in [-0.4, -0.2) is 41.4 Å². The van der Waals surface area contributed by atoms with Gasteiger partial charge in [0.05, 0.1) is 16.7 Å². The number of hydrazine groups is 1. The van der Waals surface area contributed by atoms with Crippen LogP contribution in [0, 0.1) is 0 Å². The third kappa shape index (κ3) is 2.57. The predicted molar refractivity (Wildman–Crippen MR) is 74.2 cm³/mol. The highest BCUT2D eigenvalue weighted by atomic mass is 16.5. The minimum absolute atomic E-state index is 0.105. The normalized spacial score (nSPS) is 35.8. The molecule has 0 aliphatic carbocycles. The Morgan fingerprint density at radius 3 is 2.17 bits per heavy atom. The fourth-order valence-corrected chi connectivity index (χ4v) is 3.61. The molecule has 0 radical (unpaired) electrons. The van der Waals surface area contributed by atoms with Gasteiger partial charge in [-0.3, -0.25) is 0 Å². The number of hydrogen-bond acceptors (Lipinski definition) is 4. The monoisotopic (exact) mass is 255 g/mol. The molecule has 2 aliphatic rings. The Hall–Kier alpha value is -0.160. The number of nitrogens with one attached hydrogen (secondary N) is 1. The van der Waals surface area contributed by atoms with E-state index in [4.69, 9.17) is 10.5 Å². The van der Waals surface area contributed by atoms with Gasteiger partial charge in [0.25, 0.3) is 0 Å². The second kappa shape index (κ2) is 4.75. The highest BCUT2D eigenvalue weighted by molar-refractivity contribution is 5.11. The van der Waals surface area contributed by atoms with Crippen LogP contribution in [0.15, 0.2) is 0 Å². The summed E-state index contributed by atoms with van der Waals surface area (Å²) in [5.74, 6) is 0. The maximum absolute atomic E-state index is 6.22. The summed E-state index contributed by atoms with van der Waals surface area (Å²) in [7, 11) is 0. The summed E-state index contributed by atoms with van der Waals surface area (Å²) >= 11 is 0. The van der Waals surface area contributed by atoms with Crippen LogP contribution in [0.1, 0.15) is 53.4 Å². The van der Waals surface area contributed by atoms with E-state index in [0.717, 1.165) is 19.5 Å². The van der Waals surface area contributed by atoms with Crippen LogP contribution in [0.5, 0.6) is 0 Å². The molecule has 0 aromatic heterocycles. The maximum Gasteiger partial charge on any atom is 0.0841 e. The second-order valence-electron chi connectivity index (χ2n) is 6.99. The Labute approximate surface area is 111 Å². The van der Waals surface area contributed by atoms with Crippen LogP contribution in [0.3, 0.4) is 0 Å². The standard InChI is InChI=1S/C14H29N3O/c1-12(2)10-14(11-15,13(3,4)18-12)16-17-8-6-5-7-9-17/h16H,5-11,15H2,1-4H3. The summed E-state index contributed by atoms with van der Waals surface area (Å²) in [4.78, 5) is 0. The van der Waals surface area contributed by atoms with E-state index < -0.39 is 0 Å². The van der Waals surface area contributed by atoms with Gasteiger partial charge in [-0.2, -0.15) is 0 Å². The Kier molecular flexibility index (Phi) is 3.76. The zero-order valence-corrected chi connectivity index (χ0v) is 12.4. The molecule has 2 rings (SSSR count). The van der Waals surface area contributed by atoms with Gasteiger partial charge in [0.2, 0.25) is 0 Å². The molecule has 2 fully saturated rings. The number of nitrogens with two attached hydrogens (primary N) is 1. The number of hydrogen-bond donors (Lipinski definition) is 2. The molecule has 2 heterocycles. The summed E-state index contributed by atoms with van der Waals surface area (Å²) in [6.07, 6.45) is 4.86. The summed E-state index contributed by atoms with van der Waals surface area (Å²) in [5.41, 5.74) is 9.34. The molecule has 0 aromatic carbocycles. The molecule has 106 valence electrons. The van der Waals surface area contributed by atoms with Crippen molar-refractivity contribution in [2.24, 2.45) is 5.73 Å². The van der Waals surface area contributed by atoms with Crippen molar-refractivity contribution in [3.05, 3.63) is 0 Å². The van der Waals surface area contributed by atoms with Gasteiger partial charge in [0.1, 0.15) is 0 Å². The number of rotatable bonds is 3. The molecule has 2 saturated heterocycles. The van der Waals surface area contributed by atoms with Crippen LogP contribution in [0.2, 0.25) is 0 Å². The second-order valence-corrected chi connectivity index (χ2v) is 6.99. The van der Waals surface area contributed by atoms with Gasteiger partial charge >= 0.3 is 0 Å². The van der Waals surface area contributed by atoms with E-state index in [9.17, 15) is 0 Å². The minimum Gasteiger partial charge on any atom is -0.368 e. The number of piperidine rings is 1. The van der Waals surface area contributed by atoms with E-state index in [1.165, 1.54) is 19.3 Å². The van der Waals surface area contributed by atoms with Gasteiger partial charge in [-0.1, -0.05) is 6.42 Å². The Balaban J connectivity index is 2.14. The molecule has 1 unspecified atom stereocenters. The van der Waals surface area contributed by atoms with Crippen molar-refractivity contribution in [3.63, 3.8) is 0 Å². The summed E-state index contributed by atoms with van der Waals surface area (Å²) in [5, 5.41) is 2.35. The Morgan fingerprint density at radius 2 is 1.72 bits per heavy atom. The minimum atomic E-state index is -0.233. The first-order valence-electron chi connectivity index (χ1n) is 7.23. The fraction of sp³-hybridized carbons (Fsp3) is 1.00. The quantitative estimate of drug-likeness (QED) is 0.805. The van der Waals surface area contributed by atoms with Crippen LogP contribution in [0.25, 0.3) is 0 Å². The maximum atomic E-state index is 6.22. The molecule has 3 N–H and O–H groups in total. The lowest BCUT2D eigenvalue weighted by atomic mass is 9.79. The van der Waals surface area contributed by atoms with Crippen molar-refractivity contribution in [3.8, 4) is 0 Å². The van der Waals surface area contributed by atoms with E-state index >= 15 is 0 Å². The lowest BCUT2D eigenvalue weighted by Crippen LogP contribution is -2.66. The van der Waals surface area contributed by atoms with Gasteiger partial charge in [-0.15, -0.1) is 0 Å². The lowest BCUT2D eigenvalue weighted by Gasteiger charge is -2.44. The van der Waals surface area contributed by atoms with Crippen molar-refractivity contribution < 1.29 is 4.74 Å². The van der Waals surface area contributed by atoms with Crippen LogP contribution in [-0.2, 0) is 4.74 Å². The third-order valence-electron chi connectivity index (χ3n) is 4.49. The summed E-state index contributed by atoms with van der Waals surface area (Å²) in [6.45, 7) is 11.5. The van der Waals surface area contributed by atoms with Gasteiger partial charge in [0.15, 0.2) is 0 Å². The fourth-order valence-electron chi connectivity index (χ4n) is 3.61. The molecule has 0 spiro atoms. The average molecular weight is 255 g/mol. The topological polar surface area (TPSA) is 50.5 Å². The first kappa shape index (κ1) is 14.3.